The van der Waals surface area contributed by atoms with Crippen LogP contribution in [0.5, 0.6) is 0 Å². The van der Waals surface area contributed by atoms with Gasteiger partial charge in [0.2, 0.25) is 0 Å². The lowest BCUT2D eigenvalue weighted by Gasteiger charge is -2.28. The SMILES string of the molecule is CC(C)(C)C1CCN(c2cnccc2CO)C1. The second-order valence-corrected chi connectivity index (χ2v) is 5.96. The van der Waals surface area contributed by atoms with Crippen molar-refractivity contribution in [1.29, 1.82) is 0 Å². The maximum atomic E-state index is 9.35. The van der Waals surface area contributed by atoms with Gasteiger partial charge in [0, 0.05) is 24.8 Å². The van der Waals surface area contributed by atoms with Crippen molar-refractivity contribution in [3.8, 4) is 0 Å². The number of rotatable bonds is 2. The minimum absolute atomic E-state index is 0.0918. The first-order valence-electron chi connectivity index (χ1n) is 6.31. The fraction of sp³-hybridized carbons (Fsp3) is 0.643. The van der Waals surface area contributed by atoms with E-state index in [2.05, 4.69) is 30.7 Å². The van der Waals surface area contributed by atoms with Crippen molar-refractivity contribution in [1.82, 2.24) is 4.98 Å². The minimum atomic E-state index is 0.0918. The second-order valence-electron chi connectivity index (χ2n) is 5.96. The Hall–Kier alpha value is -1.09. The maximum Gasteiger partial charge on any atom is 0.0703 e. The summed E-state index contributed by atoms with van der Waals surface area (Å²) >= 11 is 0. The Morgan fingerprint density at radius 2 is 2.24 bits per heavy atom. The zero-order valence-corrected chi connectivity index (χ0v) is 11.0. The van der Waals surface area contributed by atoms with E-state index in [0.29, 0.717) is 11.3 Å². The standard InChI is InChI=1S/C14H22N2O/c1-14(2,3)12-5-7-16(9-12)13-8-15-6-4-11(13)10-17/h4,6,8,12,17H,5,7,9-10H2,1-3H3. The summed E-state index contributed by atoms with van der Waals surface area (Å²) in [6.45, 7) is 9.14. The number of hydrogen-bond donors (Lipinski definition) is 1. The Kier molecular flexibility index (Phi) is 3.38. The van der Waals surface area contributed by atoms with Crippen LogP contribution in [0.25, 0.3) is 0 Å². The van der Waals surface area contributed by atoms with Gasteiger partial charge in [0.25, 0.3) is 0 Å². The molecule has 1 unspecified atom stereocenters. The summed E-state index contributed by atoms with van der Waals surface area (Å²) in [4.78, 5) is 6.53. The van der Waals surface area contributed by atoms with E-state index in [0.717, 1.165) is 24.3 Å². The summed E-state index contributed by atoms with van der Waals surface area (Å²) < 4.78 is 0. The van der Waals surface area contributed by atoms with Crippen molar-refractivity contribution in [2.24, 2.45) is 11.3 Å². The molecule has 1 saturated heterocycles. The fourth-order valence-electron chi connectivity index (χ4n) is 2.52. The zero-order valence-electron chi connectivity index (χ0n) is 11.0. The number of aliphatic hydroxyl groups excluding tert-OH is 1. The van der Waals surface area contributed by atoms with Gasteiger partial charge in [0.15, 0.2) is 0 Å². The van der Waals surface area contributed by atoms with Gasteiger partial charge in [-0.1, -0.05) is 20.8 Å². The number of anilines is 1. The van der Waals surface area contributed by atoms with Gasteiger partial charge in [0.05, 0.1) is 18.5 Å². The third-order valence-electron chi connectivity index (χ3n) is 3.81. The van der Waals surface area contributed by atoms with Crippen molar-refractivity contribution < 1.29 is 5.11 Å². The van der Waals surface area contributed by atoms with Gasteiger partial charge in [-0.25, -0.2) is 0 Å². The molecule has 1 aromatic rings. The van der Waals surface area contributed by atoms with E-state index >= 15 is 0 Å². The molecule has 0 amide bonds. The smallest absolute Gasteiger partial charge is 0.0703 e. The molecule has 94 valence electrons. The van der Waals surface area contributed by atoms with E-state index in [1.54, 1.807) is 6.20 Å². The third kappa shape index (κ3) is 2.60. The summed E-state index contributed by atoms with van der Waals surface area (Å²) in [7, 11) is 0. The first-order valence-corrected chi connectivity index (χ1v) is 6.31. The van der Waals surface area contributed by atoms with E-state index in [-0.39, 0.29) is 6.61 Å². The average molecular weight is 234 g/mol. The molecule has 0 aromatic carbocycles. The van der Waals surface area contributed by atoms with Crippen LogP contribution in [0.2, 0.25) is 0 Å². The van der Waals surface area contributed by atoms with Crippen molar-refractivity contribution in [2.75, 3.05) is 18.0 Å². The van der Waals surface area contributed by atoms with Crippen LogP contribution in [-0.2, 0) is 6.61 Å². The van der Waals surface area contributed by atoms with Crippen molar-refractivity contribution in [2.45, 2.75) is 33.8 Å². The summed E-state index contributed by atoms with van der Waals surface area (Å²) in [6.07, 6.45) is 4.84. The molecular formula is C14H22N2O. The summed E-state index contributed by atoms with van der Waals surface area (Å²) in [5, 5.41) is 9.35. The van der Waals surface area contributed by atoms with Crippen LogP contribution in [0.15, 0.2) is 18.5 Å². The molecule has 3 nitrogen and oxygen atoms in total. The topological polar surface area (TPSA) is 36.4 Å². The van der Waals surface area contributed by atoms with Crippen LogP contribution in [0.1, 0.15) is 32.8 Å². The Bertz CT molecular complexity index is 384. The molecule has 1 aliphatic heterocycles. The molecule has 0 spiro atoms. The highest BCUT2D eigenvalue weighted by molar-refractivity contribution is 5.52. The summed E-state index contributed by atoms with van der Waals surface area (Å²) in [5.74, 6) is 0.717. The Balaban J connectivity index is 2.15. The highest BCUT2D eigenvalue weighted by Gasteiger charge is 2.32. The monoisotopic (exact) mass is 234 g/mol. The van der Waals surface area contributed by atoms with Crippen LogP contribution in [0, 0.1) is 11.3 Å². The van der Waals surface area contributed by atoms with Crippen LogP contribution >= 0.6 is 0 Å². The molecule has 0 radical (unpaired) electrons. The lowest BCUT2D eigenvalue weighted by atomic mass is 9.80. The third-order valence-corrected chi connectivity index (χ3v) is 3.81. The number of aliphatic hydroxyl groups is 1. The lowest BCUT2D eigenvalue weighted by Crippen LogP contribution is -2.26. The van der Waals surface area contributed by atoms with Gasteiger partial charge in [-0.15, -0.1) is 0 Å². The van der Waals surface area contributed by atoms with E-state index in [1.165, 1.54) is 6.42 Å². The second kappa shape index (κ2) is 4.65. The number of aromatic nitrogens is 1. The first kappa shape index (κ1) is 12.4. The Morgan fingerprint density at radius 1 is 1.47 bits per heavy atom. The van der Waals surface area contributed by atoms with Crippen molar-refractivity contribution in [3.05, 3.63) is 24.0 Å². The average Bonchev–Trinajstić information content (AvgIpc) is 2.77. The molecule has 1 aliphatic rings. The zero-order chi connectivity index (χ0) is 12.5. The van der Waals surface area contributed by atoms with E-state index < -0.39 is 0 Å². The van der Waals surface area contributed by atoms with Gasteiger partial charge >= 0.3 is 0 Å². The van der Waals surface area contributed by atoms with Gasteiger partial charge in [0.1, 0.15) is 0 Å². The van der Waals surface area contributed by atoms with Gasteiger partial charge in [-0.05, 0) is 23.8 Å². The number of hydrogen-bond acceptors (Lipinski definition) is 3. The molecular weight excluding hydrogens is 212 g/mol. The molecule has 0 saturated carbocycles. The highest BCUT2D eigenvalue weighted by atomic mass is 16.3. The largest absolute Gasteiger partial charge is 0.392 e. The quantitative estimate of drug-likeness (QED) is 0.854. The number of pyridine rings is 1. The van der Waals surface area contributed by atoms with E-state index in [9.17, 15) is 5.11 Å². The molecule has 1 aromatic heterocycles. The molecule has 2 rings (SSSR count). The normalized spacial score (nSPS) is 20.9. The molecule has 0 bridgehead atoms. The van der Waals surface area contributed by atoms with Crippen molar-refractivity contribution in [3.63, 3.8) is 0 Å². The molecule has 1 fully saturated rings. The Labute approximate surface area is 103 Å². The van der Waals surface area contributed by atoms with Crippen LogP contribution < -0.4 is 4.90 Å². The van der Waals surface area contributed by atoms with Crippen LogP contribution in [0.4, 0.5) is 5.69 Å². The molecule has 1 atom stereocenters. The lowest BCUT2D eigenvalue weighted by molar-refractivity contribution is 0.263. The summed E-state index contributed by atoms with van der Waals surface area (Å²) in [5.41, 5.74) is 2.44. The predicted octanol–water partition coefficient (Wildman–Crippen LogP) is 2.45. The van der Waals surface area contributed by atoms with Crippen LogP contribution in [-0.4, -0.2) is 23.2 Å². The minimum Gasteiger partial charge on any atom is -0.392 e. The van der Waals surface area contributed by atoms with Crippen LogP contribution in [0.3, 0.4) is 0 Å². The van der Waals surface area contributed by atoms with Gasteiger partial charge in [-0.2, -0.15) is 0 Å². The van der Waals surface area contributed by atoms with E-state index in [4.69, 9.17) is 0 Å². The fourth-order valence-corrected chi connectivity index (χ4v) is 2.52. The molecule has 1 N–H and O–H groups in total. The highest BCUT2D eigenvalue weighted by Crippen LogP contribution is 2.36. The first-order chi connectivity index (χ1) is 8.02. The molecule has 0 aliphatic carbocycles. The predicted molar refractivity (Wildman–Crippen MR) is 69.9 cm³/mol. The van der Waals surface area contributed by atoms with E-state index in [1.807, 2.05) is 12.3 Å². The van der Waals surface area contributed by atoms with Crippen molar-refractivity contribution >= 4 is 5.69 Å². The molecule has 2 heterocycles. The Morgan fingerprint density at radius 3 is 2.82 bits per heavy atom. The summed E-state index contributed by atoms with van der Waals surface area (Å²) in [6, 6.07) is 1.90. The van der Waals surface area contributed by atoms with Gasteiger partial charge < -0.3 is 10.0 Å². The van der Waals surface area contributed by atoms with Gasteiger partial charge in [-0.3, -0.25) is 4.98 Å². The molecule has 3 heteroatoms. The maximum absolute atomic E-state index is 9.35. The number of nitrogens with zero attached hydrogens (tertiary/aromatic N) is 2. The molecule has 17 heavy (non-hydrogen) atoms.